The Hall–Kier alpha value is -2.00. The van der Waals surface area contributed by atoms with Gasteiger partial charge in [-0.3, -0.25) is 0 Å². The standard InChI is InChI=1S/C13H13N3O3S/c1-10-7-11(8-14)4-5-12(10)20(18,19)16-6-2-3-13(16)15-9-17/h4-5,7,13H,2-3,6H2,1H3. The van der Waals surface area contributed by atoms with E-state index in [0.717, 1.165) is 0 Å². The number of rotatable bonds is 3. The van der Waals surface area contributed by atoms with Gasteiger partial charge < -0.3 is 0 Å². The Morgan fingerprint density at radius 3 is 2.80 bits per heavy atom. The molecule has 1 atom stereocenters. The smallest absolute Gasteiger partial charge is 0.211 e. The maximum absolute atomic E-state index is 12.6. The average molecular weight is 291 g/mol. The van der Waals surface area contributed by atoms with Gasteiger partial charge in [-0.1, -0.05) is 0 Å². The van der Waals surface area contributed by atoms with E-state index >= 15 is 0 Å². The van der Waals surface area contributed by atoms with E-state index in [1.165, 1.54) is 28.6 Å². The number of benzene rings is 1. The van der Waals surface area contributed by atoms with E-state index in [0.29, 0.717) is 30.5 Å². The molecule has 20 heavy (non-hydrogen) atoms. The van der Waals surface area contributed by atoms with E-state index < -0.39 is 16.2 Å². The minimum Gasteiger partial charge on any atom is -0.211 e. The van der Waals surface area contributed by atoms with E-state index in [-0.39, 0.29) is 4.90 Å². The number of hydrogen-bond acceptors (Lipinski definition) is 5. The monoisotopic (exact) mass is 291 g/mol. The molecule has 1 fully saturated rings. The first-order chi connectivity index (χ1) is 9.50. The van der Waals surface area contributed by atoms with Crippen LogP contribution in [-0.2, 0) is 14.8 Å². The zero-order valence-electron chi connectivity index (χ0n) is 10.9. The number of isocyanates is 1. The first kappa shape index (κ1) is 14.4. The zero-order valence-corrected chi connectivity index (χ0v) is 11.7. The van der Waals surface area contributed by atoms with Crippen LogP contribution in [0.2, 0.25) is 0 Å². The van der Waals surface area contributed by atoms with Gasteiger partial charge in [0.1, 0.15) is 6.17 Å². The zero-order chi connectivity index (χ0) is 14.8. The van der Waals surface area contributed by atoms with E-state index in [9.17, 15) is 13.2 Å². The number of sulfonamides is 1. The quantitative estimate of drug-likeness (QED) is 0.620. The molecule has 1 aliphatic rings. The van der Waals surface area contributed by atoms with Crippen molar-refractivity contribution in [3.05, 3.63) is 29.3 Å². The molecule has 7 heteroatoms. The third-order valence-electron chi connectivity index (χ3n) is 3.27. The molecular weight excluding hydrogens is 278 g/mol. The fourth-order valence-electron chi connectivity index (χ4n) is 2.33. The van der Waals surface area contributed by atoms with Gasteiger partial charge in [-0.25, -0.2) is 13.2 Å². The third kappa shape index (κ3) is 2.49. The van der Waals surface area contributed by atoms with Crippen LogP contribution in [0.25, 0.3) is 0 Å². The molecule has 0 bridgehead atoms. The summed E-state index contributed by atoms with van der Waals surface area (Å²) in [5.41, 5.74) is 0.912. The summed E-state index contributed by atoms with van der Waals surface area (Å²) in [5, 5.41) is 8.81. The Morgan fingerprint density at radius 2 is 2.20 bits per heavy atom. The van der Waals surface area contributed by atoms with Crippen molar-refractivity contribution in [2.45, 2.75) is 30.8 Å². The van der Waals surface area contributed by atoms with Gasteiger partial charge in [0.2, 0.25) is 16.1 Å². The predicted octanol–water partition coefficient (Wildman–Crippen LogP) is 1.31. The Bertz CT molecular complexity index is 715. The molecule has 0 aromatic heterocycles. The molecule has 1 aromatic rings. The lowest BCUT2D eigenvalue weighted by Crippen LogP contribution is -2.34. The lowest BCUT2D eigenvalue weighted by molar-refractivity contribution is 0.395. The minimum atomic E-state index is -3.71. The summed E-state index contributed by atoms with van der Waals surface area (Å²) >= 11 is 0. The molecule has 0 amide bonds. The van der Waals surface area contributed by atoms with E-state index in [1.54, 1.807) is 6.92 Å². The van der Waals surface area contributed by atoms with Crippen LogP contribution < -0.4 is 0 Å². The van der Waals surface area contributed by atoms with Crippen LogP contribution in [0.5, 0.6) is 0 Å². The van der Waals surface area contributed by atoms with Gasteiger partial charge in [-0.15, -0.1) is 0 Å². The largest absolute Gasteiger partial charge is 0.245 e. The lowest BCUT2D eigenvalue weighted by Gasteiger charge is -2.21. The summed E-state index contributed by atoms with van der Waals surface area (Å²) in [7, 11) is -3.71. The van der Waals surface area contributed by atoms with Crippen LogP contribution >= 0.6 is 0 Å². The molecule has 0 aliphatic carbocycles. The van der Waals surface area contributed by atoms with Crippen molar-refractivity contribution < 1.29 is 13.2 Å². The predicted molar refractivity (Wildman–Crippen MR) is 70.9 cm³/mol. The first-order valence-electron chi connectivity index (χ1n) is 6.10. The molecule has 0 N–H and O–H groups in total. The number of aliphatic imine (C=N–C) groups is 1. The summed E-state index contributed by atoms with van der Waals surface area (Å²) in [4.78, 5) is 14.1. The minimum absolute atomic E-state index is 0.143. The SMILES string of the molecule is Cc1cc(C#N)ccc1S(=O)(=O)N1CCCC1N=C=O. The number of nitrogens with zero attached hydrogens (tertiary/aromatic N) is 3. The van der Waals surface area contributed by atoms with Gasteiger partial charge in [-0.2, -0.15) is 14.6 Å². The Labute approximate surface area is 117 Å². The molecule has 104 valence electrons. The van der Waals surface area contributed by atoms with Crippen molar-refractivity contribution in [2.24, 2.45) is 4.99 Å². The Morgan fingerprint density at radius 1 is 1.45 bits per heavy atom. The highest BCUT2D eigenvalue weighted by molar-refractivity contribution is 7.89. The maximum atomic E-state index is 12.6. The van der Waals surface area contributed by atoms with Crippen molar-refractivity contribution in [3.8, 4) is 6.07 Å². The summed E-state index contributed by atoms with van der Waals surface area (Å²) in [6.07, 6.45) is 1.92. The lowest BCUT2D eigenvalue weighted by atomic mass is 10.2. The summed E-state index contributed by atoms with van der Waals surface area (Å²) in [5.74, 6) is 0. The summed E-state index contributed by atoms with van der Waals surface area (Å²) in [6.45, 7) is 1.97. The molecule has 0 radical (unpaired) electrons. The number of hydrogen-bond donors (Lipinski definition) is 0. The molecule has 1 saturated heterocycles. The van der Waals surface area contributed by atoms with Gasteiger partial charge >= 0.3 is 0 Å². The number of aryl methyl sites for hydroxylation is 1. The van der Waals surface area contributed by atoms with Crippen LogP contribution in [0.4, 0.5) is 0 Å². The fraction of sp³-hybridized carbons (Fsp3) is 0.385. The van der Waals surface area contributed by atoms with Crippen molar-refractivity contribution >= 4 is 16.1 Å². The van der Waals surface area contributed by atoms with Gasteiger partial charge in [-0.05, 0) is 43.5 Å². The highest BCUT2D eigenvalue weighted by atomic mass is 32.2. The number of nitriles is 1. The Kier molecular flexibility index (Phi) is 4.00. The van der Waals surface area contributed by atoms with Gasteiger partial charge in [0, 0.05) is 6.54 Å². The van der Waals surface area contributed by atoms with E-state index in [2.05, 4.69) is 4.99 Å². The van der Waals surface area contributed by atoms with Crippen molar-refractivity contribution in [1.29, 1.82) is 5.26 Å². The van der Waals surface area contributed by atoms with Crippen molar-refractivity contribution in [2.75, 3.05) is 6.54 Å². The first-order valence-corrected chi connectivity index (χ1v) is 7.54. The summed E-state index contributed by atoms with van der Waals surface area (Å²) in [6, 6.07) is 6.38. The highest BCUT2D eigenvalue weighted by Crippen LogP contribution is 2.28. The second kappa shape index (κ2) is 5.55. The maximum Gasteiger partial charge on any atom is 0.245 e. The van der Waals surface area contributed by atoms with Gasteiger partial charge in [0.05, 0.1) is 16.5 Å². The topological polar surface area (TPSA) is 90.6 Å². The van der Waals surface area contributed by atoms with Crippen LogP contribution in [0.3, 0.4) is 0 Å². The van der Waals surface area contributed by atoms with Crippen LogP contribution in [0.1, 0.15) is 24.0 Å². The third-order valence-corrected chi connectivity index (χ3v) is 5.32. The molecule has 1 aliphatic heterocycles. The molecule has 0 spiro atoms. The molecule has 6 nitrogen and oxygen atoms in total. The van der Waals surface area contributed by atoms with Crippen molar-refractivity contribution in [3.63, 3.8) is 0 Å². The van der Waals surface area contributed by atoms with Gasteiger partial charge in [0.15, 0.2) is 0 Å². The Balaban J connectivity index is 2.45. The number of carbonyl (C=O) groups excluding carboxylic acids is 1. The van der Waals surface area contributed by atoms with Crippen LogP contribution in [0, 0.1) is 18.3 Å². The fourth-order valence-corrected chi connectivity index (χ4v) is 4.13. The van der Waals surface area contributed by atoms with Crippen LogP contribution in [-0.4, -0.2) is 31.5 Å². The summed E-state index contributed by atoms with van der Waals surface area (Å²) < 4.78 is 26.4. The second-order valence-corrected chi connectivity index (χ2v) is 6.41. The molecular formula is C13H13N3O3S. The molecule has 0 saturated carbocycles. The average Bonchev–Trinajstić information content (AvgIpc) is 2.87. The van der Waals surface area contributed by atoms with Crippen LogP contribution in [0.15, 0.2) is 28.1 Å². The van der Waals surface area contributed by atoms with E-state index in [1.807, 2.05) is 6.07 Å². The normalized spacial score (nSPS) is 19.3. The molecule has 1 aromatic carbocycles. The second-order valence-electron chi connectivity index (χ2n) is 4.55. The van der Waals surface area contributed by atoms with Crippen molar-refractivity contribution in [1.82, 2.24) is 4.31 Å². The van der Waals surface area contributed by atoms with Gasteiger partial charge in [0.25, 0.3) is 0 Å². The van der Waals surface area contributed by atoms with E-state index in [4.69, 9.17) is 5.26 Å². The molecule has 1 heterocycles. The highest BCUT2D eigenvalue weighted by Gasteiger charge is 2.36. The molecule has 2 rings (SSSR count). The molecule has 1 unspecified atom stereocenters.